The Bertz CT molecular complexity index is 1180. The van der Waals surface area contributed by atoms with Crippen molar-refractivity contribution in [1.82, 2.24) is 15.4 Å². The van der Waals surface area contributed by atoms with Crippen molar-refractivity contribution in [2.24, 2.45) is 5.41 Å². The Hall–Kier alpha value is -2.68. The molecule has 2 N–H and O–H groups in total. The fourth-order valence-electron chi connectivity index (χ4n) is 4.63. The van der Waals surface area contributed by atoms with Crippen molar-refractivity contribution in [2.45, 2.75) is 18.8 Å². The van der Waals surface area contributed by atoms with Crippen LogP contribution in [-0.4, -0.2) is 65.7 Å². The van der Waals surface area contributed by atoms with Gasteiger partial charge in [-0.25, -0.2) is 0 Å². The first kappa shape index (κ1) is 21.2. The van der Waals surface area contributed by atoms with Gasteiger partial charge in [0.15, 0.2) is 5.58 Å². The van der Waals surface area contributed by atoms with Crippen LogP contribution in [0.5, 0.6) is 5.75 Å². The second kappa shape index (κ2) is 8.35. The Balaban J connectivity index is 1.32. The molecule has 0 aliphatic carbocycles. The van der Waals surface area contributed by atoms with Gasteiger partial charge in [0.2, 0.25) is 11.8 Å². The highest BCUT2D eigenvalue weighted by molar-refractivity contribution is 6.18. The minimum atomic E-state index is -0.508. The fourth-order valence-corrected chi connectivity index (χ4v) is 4.89. The van der Waals surface area contributed by atoms with Crippen molar-refractivity contribution in [3.63, 3.8) is 0 Å². The summed E-state index contributed by atoms with van der Waals surface area (Å²) in [6.07, 6.45) is 0.705. The molecule has 5 rings (SSSR count). The smallest absolute Gasteiger partial charge is 0.235 e. The van der Waals surface area contributed by atoms with Gasteiger partial charge in [-0.1, -0.05) is 11.2 Å². The van der Waals surface area contributed by atoms with Crippen molar-refractivity contribution >= 4 is 45.2 Å². The van der Waals surface area contributed by atoms with Crippen LogP contribution >= 0.6 is 11.6 Å². The van der Waals surface area contributed by atoms with Crippen LogP contribution < -0.4 is 10.1 Å². The summed E-state index contributed by atoms with van der Waals surface area (Å²) in [6.45, 7) is 2.97. The molecule has 32 heavy (non-hydrogen) atoms. The predicted octanol–water partition coefficient (Wildman–Crippen LogP) is 2.41. The maximum atomic E-state index is 12.4. The third-order valence-electron chi connectivity index (χ3n) is 6.43. The van der Waals surface area contributed by atoms with Gasteiger partial charge in [0.1, 0.15) is 18.1 Å². The number of fused-ring (bicyclic) bond motifs is 3. The number of hydrogen-bond donors (Lipinski definition) is 2. The fraction of sp³-hybridized carbons (Fsp3) is 0.435. The number of halogens is 1. The molecule has 2 aliphatic rings. The minimum absolute atomic E-state index is 0.108. The number of carbonyl (C=O) groups excluding carboxylic acids is 2. The number of carbonyl (C=O) groups is 2. The van der Waals surface area contributed by atoms with Gasteiger partial charge in [0.25, 0.3) is 0 Å². The summed E-state index contributed by atoms with van der Waals surface area (Å²) in [6, 6.07) is 9.59. The maximum Gasteiger partial charge on any atom is 0.235 e. The van der Waals surface area contributed by atoms with Crippen LogP contribution in [-0.2, 0) is 9.59 Å². The molecule has 2 saturated heterocycles. The van der Waals surface area contributed by atoms with Gasteiger partial charge in [0, 0.05) is 37.4 Å². The van der Waals surface area contributed by atoms with E-state index in [2.05, 4.69) is 15.4 Å². The van der Waals surface area contributed by atoms with Crippen LogP contribution in [0.3, 0.4) is 0 Å². The Morgan fingerprint density at radius 2 is 2.12 bits per heavy atom. The minimum Gasteiger partial charge on any atom is -0.492 e. The van der Waals surface area contributed by atoms with E-state index >= 15 is 0 Å². The molecule has 168 valence electrons. The molecule has 8 nitrogen and oxygen atoms in total. The molecule has 0 radical (unpaired) electrons. The zero-order valence-corrected chi connectivity index (χ0v) is 18.2. The van der Waals surface area contributed by atoms with Crippen LogP contribution in [0.1, 0.15) is 24.5 Å². The molecule has 0 spiro atoms. The third kappa shape index (κ3) is 3.72. The second-order valence-electron chi connectivity index (χ2n) is 8.74. The quantitative estimate of drug-likeness (QED) is 0.414. The zero-order chi connectivity index (χ0) is 22.3. The Labute approximate surface area is 189 Å². The van der Waals surface area contributed by atoms with Gasteiger partial charge in [-0.05, 0) is 41.5 Å². The number of alkyl halides is 1. The first-order valence-electron chi connectivity index (χ1n) is 10.7. The van der Waals surface area contributed by atoms with Gasteiger partial charge in [-0.3, -0.25) is 19.8 Å². The van der Waals surface area contributed by atoms with Gasteiger partial charge in [0.05, 0.1) is 17.9 Å². The number of ether oxygens (including phenoxy) is 1. The molecule has 9 heteroatoms. The monoisotopic (exact) mass is 457 g/mol. The van der Waals surface area contributed by atoms with E-state index < -0.39 is 5.92 Å². The van der Waals surface area contributed by atoms with Gasteiger partial charge < -0.3 is 14.4 Å². The molecule has 3 heterocycles. The molecule has 1 unspecified atom stereocenters. The largest absolute Gasteiger partial charge is 0.492 e. The average molecular weight is 458 g/mol. The van der Waals surface area contributed by atoms with Crippen LogP contribution in [0.2, 0.25) is 0 Å². The second-order valence-corrected chi connectivity index (χ2v) is 9.01. The number of aromatic nitrogens is 1. The van der Waals surface area contributed by atoms with E-state index in [4.69, 9.17) is 20.9 Å². The Morgan fingerprint density at radius 1 is 1.28 bits per heavy atom. The number of aliphatic hydroxyl groups is 1. The summed E-state index contributed by atoms with van der Waals surface area (Å²) in [5.74, 6) is 0.115. The summed E-state index contributed by atoms with van der Waals surface area (Å²) >= 11 is 5.95. The normalized spacial score (nSPS) is 21.0. The van der Waals surface area contributed by atoms with Crippen molar-refractivity contribution in [1.29, 1.82) is 0 Å². The van der Waals surface area contributed by atoms with E-state index in [-0.39, 0.29) is 30.3 Å². The molecule has 0 bridgehead atoms. The number of benzene rings is 2. The number of piperidine rings is 1. The van der Waals surface area contributed by atoms with Crippen LogP contribution in [0, 0.1) is 5.41 Å². The zero-order valence-electron chi connectivity index (χ0n) is 17.5. The highest BCUT2D eigenvalue weighted by atomic mass is 35.5. The summed E-state index contributed by atoms with van der Waals surface area (Å²) in [5, 5.41) is 18.7. The van der Waals surface area contributed by atoms with E-state index in [1.807, 2.05) is 30.3 Å². The van der Waals surface area contributed by atoms with E-state index in [1.165, 1.54) is 0 Å². The lowest BCUT2D eigenvalue weighted by molar-refractivity contribution is -0.134. The molecule has 0 saturated carbocycles. The number of nitrogens with one attached hydrogen (secondary N) is 1. The lowest BCUT2D eigenvalue weighted by atomic mass is 9.83. The molecule has 3 aromatic rings. The molecule has 2 aliphatic heterocycles. The summed E-state index contributed by atoms with van der Waals surface area (Å²) in [7, 11) is 0. The summed E-state index contributed by atoms with van der Waals surface area (Å²) < 4.78 is 11.4. The number of rotatable bonds is 7. The number of hydrogen-bond acceptors (Lipinski definition) is 7. The van der Waals surface area contributed by atoms with Gasteiger partial charge >= 0.3 is 0 Å². The Kier molecular flexibility index (Phi) is 5.53. The lowest BCUT2D eigenvalue weighted by Crippen LogP contribution is -2.60. The van der Waals surface area contributed by atoms with E-state index in [1.54, 1.807) is 0 Å². The van der Waals surface area contributed by atoms with Crippen molar-refractivity contribution < 1.29 is 24.0 Å². The SMILES string of the molecule is O=C1CCC(c2noc3ccc4cc(OCCN5CC(CO)(CCl)C5)ccc4c23)C(=O)N1. The van der Waals surface area contributed by atoms with E-state index in [9.17, 15) is 14.7 Å². The maximum absolute atomic E-state index is 12.4. The van der Waals surface area contributed by atoms with Gasteiger partial charge in [-0.15, -0.1) is 11.6 Å². The standard InChI is InChI=1S/C23H24ClN3O5/c24-10-23(13-28)11-27(12-23)7-8-31-15-2-3-16-14(9-15)1-5-18-20(16)21(26-32-18)17-4-6-19(29)25-22(17)30/h1-3,5,9,17,28H,4,6-8,10-13H2,(H,25,29,30). The predicted molar refractivity (Wildman–Crippen MR) is 119 cm³/mol. The first-order valence-corrected chi connectivity index (χ1v) is 11.2. The number of amides is 2. The average Bonchev–Trinajstić information content (AvgIpc) is 3.20. The van der Waals surface area contributed by atoms with Crippen molar-refractivity contribution in [3.05, 3.63) is 36.0 Å². The van der Waals surface area contributed by atoms with Crippen LogP contribution in [0.4, 0.5) is 0 Å². The molecular weight excluding hydrogens is 434 g/mol. The highest BCUT2D eigenvalue weighted by Gasteiger charge is 2.41. The number of nitrogens with zero attached hydrogens (tertiary/aromatic N) is 2. The topological polar surface area (TPSA) is 105 Å². The molecule has 1 atom stereocenters. The van der Waals surface area contributed by atoms with Gasteiger partial charge in [-0.2, -0.15) is 0 Å². The summed E-state index contributed by atoms with van der Waals surface area (Å²) in [4.78, 5) is 26.1. The van der Waals surface area contributed by atoms with Crippen LogP contribution in [0.15, 0.2) is 34.9 Å². The van der Waals surface area contributed by atoms with Crippen LogP contribution in [0.25, 0.3) is 21.7 Å². The summed E-state index contributed by atoms with van der Waals surface area (Å²) in [5.41, 5.74) is 0.999. The highest BCUT2D eigenvalue weighted by Crippen LogP contribution is 2.36. The third-order valence-corrected chi connectivity index (χ3v) is 7.00. The number of imide groups is 1. The molecular formula is C23H24ClN3O5. The Morgan fingerprint density at radius 3 is 2.88 bits per heavy atom. The van der Waals surface area contributed by atoms with Crippen molar-refractivity contribution in [3.8, 4) is 5.75 Å². The molecule has 2 fully saturated rings. The van der Waals surface area contributed by atoms with E-state index in [0.29, 0.717) is 30.2 Å². The lowest BCUT2D eigenvalue weighted by Gasteiger charge is -2.48. The molecule has 1 aromatic heterocycles. The van der Waals surface area contributed by atoms with Crippen molar-refractivity contribution in [2.75, 3.05) is 38.7 Å². The first-order chi connectivity index (χ1) is 15.5. The van der Waals surface area contributed by atoms with E-state index in [0.717, 1.165) is 41.5 Å². The number of likely N-dealkylation sites (tertiary alicyclic amines) is 1. The molecule has 2 aromatic carbocycles. The molecule has 2 amide bonds. The number of aliphatic hydroxyl groups excluding tert-OH is 1.